The molecule has 0 spiro atoms. The molecule has 6 nitrogen and oxygen atoms in total. The molecule has 0 fully saturated rings. The van der Waals surface area contributed by atoms with Crippen LogP contribution in [0.15, 0.2) is 46.9 Å². The zero-order valence-electron chi connectivity index (χ0n) is 14.8. The van der Waals surface area contributed by atoms with E-state index in [0.29, 0.717) is 16.3 Å². The van der Waals surface area contributed by atoms with Crippen molar-refractivity contribution in [2.45, 2.75) is 20.0 Å². The molecule has 1 atom stereocenters. The van der Waals surface area contributed by atoms with Crippen LogP contribution in [0.5, 0.6) is 5.75 Å². The van der Waals surface area contributed by atoms with E-state index in [9.17, 15) is 9.59 Å². The number of hydrogen-bond donors (Lipinski definition) is 2. The second-order valence-electron chi connectivity index (χ2n) is 6.48. The molecule has 3 rings (SSSR count). The van der Waals surface area contributed by atoms with Crippen LogP contribution >= 0.6 is 27.5 Å². The zero-order chi connectivity index (χ0) is 19.6. The van der Waals surface area contributed by atoms with Crippen LogP contribution in [0.4, 0.5) is 5.69 Å². The summed E-state index contributed by atoms with van der Waals surface area (Å²) < 4.78 is 6.24. The lowest BCUT2D eigenvalue weighted by Gasteiger charge is -2.39. The normalized spacial score (nSPS) is 16.0. The monoisotopic (exact) mass is 451 g/mol. The Labute approximate surface area is 170 Å². The first-order valence-corrected chi connectivity index (χ1v) is 9.60. The fourth-order valence-electron chi connectivity index (χ4n) is 2.73. The standard InChI is InChI=1S/C19H19BrClN3O3/c1-11(2)18-22-16-8-3-12(20)9-15(16)19(26)24(18)23-17(25)10-27-14-6-4-13(21)5-7-14/h3-9,11,18,22H,10H2,1-2H3,(H,23,25). The van der Waals surface area contributed by atoms with Crippen molar-refractivity contribution in [1.82, 2.24) is 10.4 Å². The maximum Gasteiger partial charge on any atom is 0.276 e. The highest BCUT2D eigenvalue weighted by Crippen LogP contribution is 2.29. The molecule has 0 aliphatic carbocycles. The Bertz CT molecular complexity index is 858. The number of benzene rings is 2. The second kappa shape index (κ2) is 8.19. The molecular formula is C19H19BrClN3O3. The number of carbonyl (C=O) groups excluding carboxylic acids is 2. The number of carbonyl (C=O) groups is 2. The number of ether oxygens (including phenoxy) is 1. The first-order valence-electron chi connectivity index (χ1n) is 8.42. The number of hydrogen-bond acceptors (Lipinski definition) is 4. The topological polar surface area (TPSA) is 70.7 Å². The van der Waals surface area contributed by atoms with Crippen molar-refractivity contribution < 1.29 is 14.3 Å². The molecule has 0 saturated carbocycles. The molecule has 2 aromatic carbocycles. The molecule has 0 aromatic heterocycles. The van der Waals surface area contributed by atoms with E-state index >= 15 is 0 Å². The summed E-state index contributed by atoms with van der Waals surface area (Å²) in [5.74, 6) is -0.108. The third-order valence-electron chi connectivity index (χ3n) is 4.07. The van der Waals surface area contributed by atoms with Crippen molar-refractivity contribution in [3.63, 3.8) is 0 Å². The van der Waals surface area contributed by atoms with Crippen molar-refractivity contribution in [3.8, 4) is 5.75 Å². The SMILES string of the molecule is CC(C)C1Nc2ccc(Br)cc2C(=O)N1NC(=O)COc1ccc(Cl)cc1. The van der Waals surface area contributed by atoms with Crippen LogP contribution < -0.4 is 15.5 Å². The van der Waals surface area contributed by atoms with Gasteiger partial charge in [0.25, 0.3) is 11.8 Å². The molecule has 8 heteroatoms. The first kappa shape index (κ1) is 19.5. The summed E-state index contributed by atoms with van der Waals surface area (Å²) in [6.07, 6.45) is -0.370. The summed E-state index contributed by atoms with van der Waals surface area (Å²) in [5, 5.41) is 5.21. The van der Waals surface area contributed by atoms with Crippen molar-refractivity contribution in [2.75, 3.05) is 11.9 Å². The molecule has 1 aliphatic rings. The van der Waals surface area contributed by atoms with Gasteiger partial charge in [-0.25, -0.2) is 5.01 Å². The third-order valence-corrected chi connectivity index (χ3v) is 4.82. The van der Waals surface area contributed by atoms with Gasteiger partial charge in [0, 0.05) is 15.2 Å². The fourth-order valence-corrected chi connectivity index (χ4v) is 3.22. The van der Waals surface area contributed by atoms with Crippen molar-refractivity contribution in [3.05, 3.63) is 57.5 Å². The molecular weight excluding hydrogens is 434 g/mol. The van der Waals surface area contributed by atoms with Gasteiger partial charge in [-0.2, -0.15) is 0 Å². The van der Waals surface area contributed by atoms with Crippen LogP contribution in [-0.2, 0) is 4.79 Å². The minimum Gasteiger partial charge on any atom is -0.484 e. The lowest BCUT2D eigenvalue weighted by molar-refractivity contribution is -0.128. The van der Waals surface area contributed by atoms with Gasteiger partial charge in [0.2, 0.25) is 0 Å². The van der Waals surface area contributed by atoms with E-state index in [2.05, 4.69) is 26.7 Å². The van der Waals surface area contributed by atoms with Crippen molar-refractivity contribution in [2.24, 2.45) is 5.92 Å². The molecule has 2 amide bonds. The maximum atomic E-state index is 12.9. The van der Waals surface area contributed by atoms with Crippen LogP contribution in [0, 0.1) is 5.92 Å². The van der Waals surface area contributed by atoms with E-state index in [1.54, 1.807) is 30.3 Å². The van der Waals surface area contributed by atoms with Gasteiger partial charge < -0.3 is 10.1 Å². The van der Waals surface area contributed by atoms with Crippen molar-refractivity contribution in [1.29, 1.82) is 0 Å². The first-order chi connectivity index (χ1) is 12.8. The van der Waals surface area contributed by atoms with Crippen LogP contribution in [0.2, 0.25) is 5.02 Å². The number of amides is 2. The van der Waals surface area contributed by atoms with Gasteiger partial charge in [-0.3, -0.25) is 15.0 Å². The van der Waals surface area contributed by atoms with E-state index in [1.807, 2.05) is 26.0 Å². The number of anilines is 1. The molecule has 0 bridgehead atoms. The minimum atomic E-state index is -0.427. The van der Waals surface area contributed by atoms with Gasteiger partial charge in [-0.1, -0.05) is 41.4 Å². The second-order valence-corrected chi connectivity index (χ2v) is 7.83. The van der Waals surface area contributed by atoms with Gasteiger partial charge in [0.05, 0.1) is 5.56 Å². The molecule has 0 saturated heterocycles. The van der Waals surface area contributed by atoms with Crippen LogP contribution in [-0.4, -0.2) is 29.6 Å². The molecule has 2 aromatic rings. The highest BCUT2D eigenvalue weighted by molar-refractivity contribution is 9.10. The third kappa shape index (κ3) is 4.54. The minimum absolute atomic E-state index is 0.0724. The zero-order valence-corrected chi connectivity index (χ0v) is 17.2. The summed E-state index contributed by atoms with van der Waals surface area (Å²) in [5.41, 5.74) is 3.88. The van der Waals surface area contributed by atoms with Gasteiger partial charge >= 0.3 is 0 Å². The number of hydrazine groups is 1. The number of nitrogens with zero attached hydrogens (tertiary/aromatic N) is 1. The molecule has 1 unspecified atom stereocenters. The van der Waals surface area contributed by atoms with Gasteiger partial charge in [-0.05, 0) is 48.4 Å². The Morgan fingerprint density at radius 2 is 2.00 bits per heavy atom. The number of fused-ring (bicyclic) bond motifs is 1. The number of rotatable bonds is 5. The smallest absolute Gasteiger partial charge is 0.276 e. The molecule has 1 heterocycles. The fraction of sp³-hybridized carbons (Fsp3) is 0.263. The van der Waals surface area contributed by atoms with Crippen LogP contribution in [0.1, 0.15) is 24.2 Å². The molecule has 27 heavy (non-hydrogen) atoms. The highest BCUT2D eigenvalue weighted by atomic mass is 79.9. The average molecular weight is 453 g/mol. The van der Waals surface area contributed by atoms with Crippen molar-refractivity contribution >= 4 is 45.0 Å². The van der Waals surface area contributed by atoms with Crippen LogP contribution in [0.3, 0.4) is 0 Å². The Hall–Kier alpha value is -2.25. The van der Waals surface area contributed by atoms with E-state index in [0.717, 1.165) is 10.2 Å². The number of halogens is 2. The molecule has 142 valence electrons. The average Bonchev–Trinajstić information content (AvgIpc) is 2.63. The largest absolute Gasteiger partial charge is 0.484 e. The predicted molar refractivity (Wildman–Crippen MR) is 108 cm³/mol. The summed E-state index contributed by atoms with van der Waals surface area (Å²) in [6, 6.07) is 12.1. The predicted octanol–water partition coefficient (Wildman–Crippen LogP) is 4.06. The summed E-state index contributed by atoms with van der Waals surface area (Å²) in [7, 11) is 0. The Balaban J connectivity index is 1.72. The Morgan fingerprint density at radius 1 is 1.30 bits per heavy atom. The number of nitrogens with one attached hydrogen (secondary N) is 2. The van der Waals surface area contributed by atoms with E-state index in [1.165, 1.54) is 5.01 Å². The van der Waals surface area contributed by atoms with Gasteiger partial charge in [0.15, 0.2) is 6.61 Å². The lowest BCUT2D eigenvalue weighted by Crippen LogP contribution is -2.59. The van der Waals surface area contributed by atoms with E-state index in [-0.39, 0.29) is 24.6 Å². The summed E-state index contributed by atoms with van der Waals surface area (Å²) >= 11 is 9.20. The highest BCUT2D eigenvalue weighted by Gasteiger charge is 2.35. The molecule has 2 N–H and O–H groups in total. The molecule has 1 aliphatic heterocycles. The van der Waals surface area contributed by atoms with Gasteiger partial charge in [-0.15, -0.1) is 0 Å². The quantitative estimate of drug-likeness (QED) is 0.718. The van der Waals surface area contributed by atoms with Crippen LogP contribution in [0.25, 0.3) is 0 Å². The van der Waals surface area contributed by atoms with E-state index < -0.39 is 5.91 Å². The Kier molecular flexibility index (Phi) is 5.92. The summed E-state index contributed by atoms with van der Waals surface area (Å²) in [4.78, 5) is 25.3. The van der Waals surface area contributed by atoms with Gasteiger partial charge in [0.1, 0.15) is 11.9 Å². The lowest BCUT2D eigenvalue weighted by atomic mass is 10.0. The van der Waals surface area contributed by atoms with E-state index in [4.69, 9.17) is 16.3 Å². The maximum absolute atomic E-state index is 12.9. The Morgan fingerprint density at radius 3 is 2.67 bits per heavy atom. The summed E-state index contributed by atoms with van der Waals surface area (Å²) in [6.45, 7) is 3.72. The molecule has 0 radical (unpaired) electrons.